The first-order chi connectivity index (χ1) is 17.2. The highest BCUT2D eigenvalue weighted by molar-refractivity contribution is 5.90. The van der Waals surface area contributed by atoms with Gasteiger partial charge in [-0.05, 0) is 17.9 Å². The molecule has 0 radical (unpaired) electrons. The van der Waals surface area contributed by atoms with Crippen LogP contribution in [0.15, 0.2) is 71.3 Å². The van der Waals surface area contributed by atoms with E-state index in [0.717, 1.165) is 64.2 Å². The summed E-state index contributed by atoms with van der Waals surface area (Å²) < 4.78 is 8.03. The predicted octanol–water partition coefficient (Wildman–Crippen LogP) is 4.54. The molecule has 3 aliphatic rings. The molecule has 1 aromatic carbocycles. The second-order valence-electron chi connectivity index (χ2n) is 10.1. The molecule has 3 atom stereocenters. The Hall–Kier alpha value is -2.86. The van der Waals surface area contributed by atoms with Gasteiger partial charge in [-0.3, -0.25) is 9.89 Å². The Morgan fingerprint density at radius 2 is 2.03 bits per heavy atom. The molecular formula is C29H39N5O. The van der Waals surface area contributed by atoms with Gasteiger partial charge in [-0.25, -0.2) is 4.98 Å². The van der Waals surface area contributed by atoms with Gasteiger partial charge < -0.3 is 14.2 Å². The van der Waals surface area contributed by atoms with E-state index in [1.165, 1.54) is 22.7 Å². The van der Waals surface area contributed by atoms with Crippen molar-refractivity contribution in [3.63, 3.8) is 0 Å². The number of ether oxygens (including phenoxy) is 1. The quantitative estimate of drug-likeness (QED) is 0.537. The van der Waals surface area contributed by atoms with Gasteiger partial charge in [-0.1, -0.05) is 62.8 Å². The Labute approximate surface area is 210 Å². The van der Waals surface area contributed by atoms with Gasteiger partial charge in [0.15, 0.2) is 0 Å². The summed E-state index contributed by atoms with van der Waals surface area (Å²) in [5, 5.41) is 0. The number of hydrogen-bond acceptors (Lipinski definition) is 5. The molecule has 1 saturated heterocycles. The molecule has 1 aliphatic carbocycles. The molecule has 3 heterocycles. The molecule has 0 amide bonds. The van der Waals surface area contributed by atoms with Crippen molar-refractivity contribution in [2.24, 2.45) is 10.9 Å². The fourth-order valence-electron chi connectivity index (χ4n) is 5.78. The van der Waals surface area contributed by atoms with Gasteiger partial charge in [0.05, 0.1) is 25.5 Å². The standard InChI is InChI=1S/C29H39N5O/c1-4-22(2)28-29-31-26(25-12-8-9-13-27(25)35-3)20-33(29)17-16-32(28)15-14-24-18-30-21-34(24)19-23-10-6-5-7-11-23/h5-8,10-12,18,21-22,26,28H,4,9,13-17,19-20H2,1-3H3/t22?,26?,28-/m0/s1. The SMILES string of the molecule is CCC(C)[C@H]1C2=NC(C3=C(OC)CCC=C3)CN2CCN1CCc1cncn1Cc1ccccc1. The molecule has 0 bridgehead atoms. The topological polar surface area (TPSA) is 45.9 Å². The maximum Gasteiger partial charge on any atom is 0.118 e. The van der Waals surface area contributed by atoms with Gasteiger partial charge in [0.2, 0.25) is 0 Å². The first-order valence-electron chi connectivity index (χ1n) is 13.2. The van der Waals surface area contributed by atoms with Gasteiger partial charge in [-0.2, -0.15) is 0 Å². The maximum atomic E-state index is 5.74. The van der Waals surface area contributed by atoms with Crippen molar-refractivity contribution in [3.05, 3.63) is 77.6 Å². The Kier molecular flexibility index (Phi) is 7.37. The lowest BCUT2D eigenvalue weighted by Gasteiger charge is -2.43. The van der Waals surface area contributed by atoms with Crippen LogP contribution in [0.5, 0.6) is 0 Å². The van der Waals surface area contributed by atoms with E-state index in [9.17, 15) is 0 Å². The van der Waals surface area contributed by atoms with Crippen molar-refractivity contribution < 1.29 is 4.74 Å². The lowest BCUT2D eigenvalue weighted by Crippen LogP contribution is -2.58. The molecule has 0 N–H and O–H groups in total. The summed E-state index contributed by atoms with van der Waals surface area (Å²) in [5.41, 5.74) is 3.89. The number of benzene rings is 1. The van der Waals surface area contributed by atoms with Gasteiger partial charge in [-0.15, -0.1) is 0 Å². The number of hydrogen-bond donors (Lipinski definition) is 0. The Bertz CT molecular complexity index is 1090. The van der Waals surface area contributed by atoms with Gasteiger partial charge in [0.25, 0.3) is 0 Å². The van der Waals surface area contributed by atoms with Crippen molar-refractivity contribution in [3.8, 4) is 0 Å². The Morgan fingerprint density at radius 3 is 2.83 bits per heavy atom. The fraction of sp³-hybridized carbons (Fsp3) is 0.517. The molecule has 2 aliphatic heterocycles. The number of nitrogens with zero attached hydrogens (tertiary/aromatic N) is 5. The first kappa shape index (κ1) is 23.9. The number of amidine groups is 1. The third-order valence-electron chi connectivity index (χ3n) is 7.92. The first-order valence-corrected chi connectivity index (χ1v) is 13.2. The van der Waals surface area contributed by atoms with E-state index in [2.05, 4.69) is 75.7 Å². The predicted molar refractivity (Wildman–Crippen MR) is 141 cm³/mol. The van der Waals surface area contributed by atoms with Crippen molar-refractivity contribution in [2.45, 2.75) is 58.2 Å². The normalized spacial score (nSPS) is 23.4. The van der Waals surface area contributed by atoms with Crippen molar-refractivity contribution in [1.29, 1.82) is 0 Å². The summed E-state index contributed by atoms with van der Waals surface area (Å²) >= 11 is 0. The van der Waals surface area contributed by atoms with E-state index >= 15 is 0 Å². The highest BCUT2D eigenvalue weighted by atomic mass is 16.5. The molecule has 0 saturated carbocycles. The number of aromatic nitrogens is 2. The van der Waals surface area contributed by atoms with Crippen molar-refractivity contribution in [2.75, 3.05) is 33.3 Å². The molecule has 35 heavy (non-hydrogen) atoms. The van der Waals surface area contributed by atoms with Crippen LogP contribution >= 0.6 is 0 Å². The molecule has 2 unspecified atom stereocenters. The highest BCUT2D eigenvalue weighted by Gasteiger charge is 2.41. The molecule has 1 aromatic heterocycles. The van der Waals surface area contributed by atoms with Crippen LogP contribution in [-0.4, -0.2) is 70.6 Å². The number of rotatable bonds is 9. The third kappa shape index (κ3) is 5.08. The summed E-state index contributed by atoms with van der Waals surface area (Å²) in [6, 6.07) is 11.2. The largest absolute Gasteiger partial charge is 0.501 e. The number of aliphatic imine (C=N–C) groups is 1. The summed E-state index contributed by atoms with van der Waals surface area (Å²) in [4.78, 5) is 15.0. The van der Waals surface area contributed by atoms with Crippen LogP contribution in [-0.2, 0) is 17.7 Å². The summed E-state index contributed by atoms with van der Waals surface area (Å²) in [7, 11) is 1.80. The van der Waals surface area contributed by atoms with Crippen LogP contribution in [0, 0.1) is 5.92 Å². The van der Waals surface area contributed by atoms with Gasteiger partial charge in [0, 0.05) is 63.0 Å². The lowest BCUT2D eigenvalue weighted by molar-refractivity contribution is 0.144. The number of allylic oxidation sites excluding steroid dienone is 2. The van der Waals surface area contributed by atoms with E-state index in [4.69, 9.17) is 9.73 Å². The molecular weight excluding hydrogens is 434 g/mol. The van der Waals surface area contributed by atoms with Crippen LogP contribution in [0.2, 0.25) is 0 Å². The van der Waals surface area contributed by atoms with Gasteiger partial charge >= 0.3 is 0 Å². The van der Waals surface area contributed by atoms with Crippen LogP contribution in [0.4, 0.5) is 0 Å². The zero-order valence-corrected chi connectivity index (χ0v) is 21.4. The fourth-order valence-corrected chi connectivity index (χ4v) is 5.78. The van der Waals surface area contributed by atoms with Crippen LogP contribution in [0.1, 0.15) is 44.4 Å². The smallest absolute Gasteiger partial charge is 0.118 e. The average molecular weight is 474 g/mol. The second kappa shape index (κ2) is 10.8. The molecule has 186 valence electrons. The summed E-state index contributed by atoms with van der Waals surface area (Å²) in [6.07, 6.45) is 12.7. The third-order valence-corrected chi connectivity index (χ3v) is 7.92. The number of imidazole rings is 1. The van der Waals surface area contributed by atoms with E-state index < -0.39 is 0 Å². The summed E-state index contributed by atoms with van der Waals surface area (Å²) in [5.74, 6) is 2.96. The van der Waals surface area contributed by atoms with Crippen LogP contribution in [0.3, 0.4) is 0 Å². The zero-order chi connectivity index (χ0) is 24.2. The number of methoxy groups -OCH3 is 1. The second-order valence-corrected chi connectivity index (χ2v) is 10.1. The molecule has 0 spiro atoms. The monoisotopic (exact) mass is 473 g/mol. The van der Waals surface area contributed by atoms with E-state index in [-0.39, 0.29) is 6.04 Å². The molecule has 2 aromatic rings. The molecule has 6 nitrogen and oxygen atoms in total. The van der Waals surface area contributed by atoms with Gasteiger partial charge in [0.1, 0.15) is 11.6 Å². The lowest BCUT2D eigenvalue weighted by atomic mass is 9.94. The highest BCUT2D eigenvalue weighted by Crippen LogP contribution is 2.32. The maximum absolute atomic E-state index is 5.74. The average Bonchev–Trinajstić information content (AvgIpc) is 3.54. The number of fused-ring (bicyclic) bond motifs is 1. The zero-order valence-electron chi connectivity index (χ0n) is 21.4. The van der Waals surface area contributed by atoms with Crippen LogP contribution < -0.4 is 0 Å². The summed E-state index contributed by atoms with van der Waals surface area (Å²) in [6.45, 7) is 9.70. The Morgan fingerprint density at radius 1 is 1.17 bits per heavy atom. The number of piperazine rings is 1. The minimum atomic E-state index is 0.190. The van der Waals surface area contributed by atoms with E-state index in [0.29, 0.717) is 12.0 Å². The minimum Gasteiger partial charge on any atom is -0.501 e. The van der Waals surface area contributed by atoms with E-state index in [1.54, 1.807) is 7.11 Å². The minimum absolute atomic E-state index is 0.190. The molecule has 6 heteroatoms. The molecule has 5 rings (SSSR count). The van der Waals surface area contributed by atoms with E-state index in [1.807, 2.05) is 12.5 Å². The van der Waals surface area contributed by atoms with Crippen molar-refractivity contribution >= 4 is 5.84 Å². The van der Waals surface area contributed by atoms with Crippen molar-refractivity contribution in [1.82, 2.24) is 19.4 Å². The molecule has 1 fully saturated rings. The van der Waals surface area contributed by atoms with Crippen LogP contribution in [0.25, 0.3) is 0 Å². The Balaban J connectivity index is 1.32.